The molecule has 64 heavy (non-hydrogen) atoms. The van der Waals surface area contributed by atoms with E-state index in [2.05, 4.69) is 238 Å². The molecule has 0 saturated carbocycles. The minimum Gasteiger partial charge on any atom is -0.310 e. The predicted octanol–water partition coefficient (Wildman–Crippen LogP) is 15.4. The highest BCUT2D eigenvalue weighted by Gasteiger charge is 2.45. The maximum Gasteiger partial charge on any atom is 0.0933 e. The molecule has 2 aromatic heterocycles. The number of nitrogens with zero attached hydrogens (tertiary/aromatic N) is 5. The van der Waals surface area contributed by atoms with Crippen LogP contribution in [0.1, 0.15) is 50.2 Å². The summed E-state index contributed by atoms with van der Waals surface area (Å²) < 4.78 is 0. The van der Waals surface area contributed by atoms with Gasteiger partial charge in [-0.1, -0.05) is 137 Å². The molecule has 306 valence electrons. The lowest BCUT2D eigenvalue weighted by Crippen LogP contribution is -2.20. The van der Waals surface area contributed by atoms with Crippen molar-refractivity contribution in [2.45, 2.75) is 38.5 Å². The fourth-order valence-electron chi connectivity index (χ4n) is 10.1. The van der Waals surface area contributed by atoms with Crippen LogP contribution in [0.4, 0.5) is 34.1 Å². The number of rotatable bonds is 7. The van der Waals surface area contributed by atoms with Gasteiger partial charge in [0.2, 0.25) is 0 Å². The largest absolute Gasteiger partial charge is 0.310 e. The van der Waals surface area contributed by atoms with E-state index in [-0.39, 0.29) is 10.8 Å². The predicted molar refractivity (Wildman–Crippen MR) is 265 cm³/mol. The average Bonchev–Trinajstić information content (AvgIpc) is 3.69. The lowest BCUT2D eigenvalue weighted by Gasteiger charge is -2.28. The Morgan fingerprint density at radius 2 is 0.797 bits per heavy atom. The Morgan fingerprint density at radius 1 is 0.344 bits per heavy atom. The van der Waals surface area contributed by atoms with Crippen molar-refractivity contribution in [2.24, 2.45) is 0 Å². The van der Waals surface area contributed by atoms with Crippen molar-refractivity contribution in [2.75, 3.05) is 9.80 Å². The maximum absolute atomic E-state index is 5.58. The minimum absolute atomic E-state index is 0.361. The number of benzene rings is 8. The van der Waals surface area contributed by atoms with Gasteiger partial charge in [-0.25, -0.2) is 15.0 Å². The summed E-state index contributed by atoms with van der Waals surface area (Å²) in [6.45, 7) is 9.17. The van der Waals surface area contributed by atoms with E-state index in [1.165, 1.54) is 21.9 Å². The summed E-state index contributed by atoms with van der Waals surface area (Å²) in [6.07, 6.45) is 0. The smallest absolute Gasteiger partial charge is 0.0933 e. The van der Waals surface area contributed by atoms with Crippen LogP contribution in [0, 0.1) is 0 Å². The molecule has 0 fully saturated rings. The molecule has 0 atom stereocenters. The fraction of sp³-hybridized carbons (Fsp3) is 0.102. The highest BCUT2D eigenvalue weighted by molar-refractivity contribution is 5.92. The Bertz CT molecular complexity index is 3410. The summed E-state index contributed by atoms with van der Waals surface area (Å²) in [5, 5.41) is 3.53. The summed E-state index contributed by atoms with van der Waals surface area (Å²) in [5.74, 6) is 0. The van der Waals surface area contributed by atoms with Crippen LogP contribution in [0.3, 0.4) is 0 Å². The zero-order valence-electron chi connectivity index (χ0n) is 36.3. The van der Waals surface area contributed by atoms with Gasteiger partial charge in [0.1, 0.15) is 0 Å². The summed E-state index contributed by atoms with van der Waals surface area (Å²) >= 11 is 0. The van der Waals surface area contributed by atoms with E-state index in [4.69, 9.17) is 15.0 Å². The first-order valence-electron chi connectivity index (χ1n) is 22.1. The second kappa shape index (κ2) is 14.3. The van der Waals surface area contributed by atoms with Crippen LogP contribution >= 0.6 is 0 Å². The highest BCUT2D eigenvalue weighted by atomic mass is 15.1. The van der Waals surface area contributed by atoms with E-state index < -0.39 is 0 Å². The SMILES string of the molecule is CC1(C)c2cc(-c3ccc4cc(N(c5ccccc5)c5ccccc5)ccc4n3)ccc2-c2nc3c(nc21)-c1ccc(N(c2ccccc2)c2ccc4ccccc4c2)cc1C3(C)C. The highest BCUT2D eigenvalue weighted by Crippen LogP contribution is 2.54. The van der Waals surface area contributed by atoms with E-state index in [0.29, 0.717) is 0 Å². The van der Waals surface area contributed by atoms with Crippen LogP contribution in [0.15, 0.2) is 200 Å². The fourth-order valence-corrected chi connectivity index (χ4v) is 10.1. The van der Waals surface area contributed by atoms with Crippen LogP contribution in [0.25, 0.3) is 55.4 Å². The van der Waals surface area contributed by atoms with Crippen LogP contribution in [-0.2, 0) is 10.8 Å². The molecule has 8 aromatic carbocycles. The Morgan fingerprint density at radius 3 is 1.41 bits per heavy atom. The van der Waals surface area contributed by atoms with E-state index in [9.17, 15) is 0 Å². The zero-order valence-corrected chi connectivity index (χ0v) is 36.3. The normalized spacial score (nSPS) is 13.9. The molecule has 0 N–H and O–H groups in total. The number of pyridine rings is 1. The molecule has 2 heterocycles. The van der Waals surface area contributed by atoms with Gasteiger partial charge < -0.3 is 9.80 Å². The third kappa shape index (κ3) is 5.95. The van der Waals surface area contributed by atoms with Crippen molar-refractivity contribution < 1.29 is 0 Å². The quantitative estimate of drug-likeness (QED) is 0.160. The molecule has 0 radical (unpaired) electrons. The van der Waals surface area contributed by atoms with Gasteiger partial charge in [0.15, 0.2) is 0 Å². The third-order valence-electron chi connectivity index (χ3n) is 13.5. The number of aromatic nitrogens is 3. The molecule has 0 bridgehead atoms. The Hall–Kier alpha value is -7.89. The monoisotopic (exact) mass is 823 g/mol. The van der Waals surface area contributed by atoms with Gasteiger partial charge in [-0.3, -0.25) is 0 Å². The first kappa shape index (κ1) is 37.8. The van der Waals surface area contributed by atoms with Gasteiger partial charge in [-0.05, 0) is 113 Å². The van der Waals surface area contributed by atoms with Crippen molar-refractivity contribution in [1.82, 2.24) is 15.0 Å². The number of hydrogen-bond donors (Lipinski definition) is 0. The molecular weight excluding hydrogens is 779 g/mol. The standard InChI is InChI=1S/C59H45N5/c1-58(2)50-36-41(52-32-26-40-35-46(29-33-53(40)60-52)63(42-18-8-5-9-19-42)43-20-10-6-11-21-43)25-30-48(50)54-56(58)62-55-49-31-28-47(37-51(49)59(3,4)57(55)61-54)64(44-22-12-7-13-23-44)45-27-24-38-16-14-15-17-39(38)34-45/h5-37H,1-4H3. The van der Waals surface area contributed by atoms with Gasteiger partial charge in [-0.2, -0.15) is 0 Å². The van der Waals surface area contributed by atoms with Crippen LogP contribution in [0.2, 0.25) is 0 Å². The Balaban J connectivity index is 0.888. The van der Waals surface area contributed by atoms with Crippen molar-refractivity contribution in [1.29, 1.82) is 0 Å². The van der Waals surface area contributed by atoms with Crippen molar-refractivity contribution in [3.63, 3.8) is 0 Å². The van der Waals surface area contributed by atoms with E-state index in [0.717, 1.165) is 90.2 Å². The van der Waals surface area contributed by atoms with E-state index in [1.54, 1.807) is 0 Å². The van der Waals surface area contributed by atoms with Crippen molar-refractivity contribution >= 4 is 55.8 Å². The molecule has 2 aliphatic carbocycles. The number of para-hydroxylation sites is 3. The Kier molecular flexibility index (Phi) is 8.47. The Labute approximate surface area is 374 Å². The summed E-state index contributed by atoms with van der Waals surface area (Å²) in [5.41, 5.74) is 17.7. The second-order valence-corrected chi connectivity index (χ2v) is 18.1. The first-order chi connectivity index (χ1) is 31.2. The molecule has 0 spiro atoms. The molecule has 10 aromatic rings. The summed E-state index contributed by atoms with van der Waals surface area (Å²) in [4.78, 5) is 21.0. The molecule has 0 unspecified atom stereocenters. The maximum atomic E-state index is 5.58. The van der Waals surface area contributed by atoms with Crippen LogP contribution < -0.4 is 9.80 Å². The molecular formula is C59H45N5. The number of hydrogen-bond acceptors (Lipinski definition) is 5. The van der Waals surface area contributed by atoms with E-state index >= 15 is 0 Å². The molecule has 2 aliphatic rings. The first-order valence-corrected chi connectivity index (χ1v) is 22.1. The molecule has 0 saturated heterocycles. The number of fused-ring (bicyclic) bond motifs is 8. The van der Waals surface area contributed by atoms with Gasteiger partial charge in [0, 0.05) is 67.0 Å². The lowest BCUT2D eigenvalue weighted by molar-refractivity contribution is 0.617. The molecule has 5 heteroatoms. The van der Waals surface area contributed by atoms with Crippen LogP contribution in [-0.4, -0.2) is 15.0 Å². The molecule has 12 rings (SSSR count). The molecule has 0 aliphatic heterocycles. The van der Waals surface area contributed by atoms with Crippen molar-refractivity contribution in [3.05, 3.63) is 223 Å². The van der Waals surface area contributed by atoms with Crippen molar-refractivity contribution in [3.8, 4) is 33.8 Å². The van der Waals surface area contributed by atoms with Crippen LogP contribution in [0.5, 0.6) is 0 Å². The minimum atomic E-state index is -0.366. The van der Waals surface area contributed by atoms with Gasteiger partial charge in [0.05, 0.1) is 34.0 Å². The topological polar surface area (TPSA) is 45.2 Å². The average molecular weight is 824 g/mol. The second-order valence-electron chi connectivity index (χ2n) is 18.1. The van der Waals surface area contributed by atoms with E-state index in [1.807, 2.05) is 0 Å². The van der Waals surface area contributed by atoms with Gasteiger partial charge in [0.25, 0.3) is 0 Å². The molecule has 0 amide bonds. The lowest BCUT2D eigenvalue weighted by atomic mass is 9.84. The third-order valence-corrected chi connectivity index (χ3v) is 13.5. The summed E-state index contributed by atoms with van der Waals surface area (Å²) in [6, 6.07) is 71.4. The zero-order chi connectivity index (χ0) is 43.2. The summed E-state index contributed by atoms with van der Waals surface area (Å²) in [7, 11) is 0. The molecule has 5 nitrogen and oxygen atoms in total. The van der Waals surface area contributed by atoms with Gasteiger partial charge >= 0.3 is 0 Å². The number of anilines is 6. The van der Waals surface area contributed by atoms with Gasteiger partial charge in [-0.15, -0.1) is 0 Å².